The highest BCUT2D eigenvalue weighted by molar-refractivity contribution is 5.94. The van der Waals surface area contributed by atoms with Gasteiger partial charge in [0, 0.05) is 18.5 Å². The van der Waals surface area contributed by atoms with Gasteiger partial charge in [-0.1, -0.05) is 53.7 Å². The molecule has 0 N–H and O–H groups in total. The van der Waals surface area contributed by atoms with Crippen LogP contribution in [0.15, 0.2) is 65.2 Å². The molecule has 2 aromatic carbocycles. The van der Waals surface area contributed by atoms with E-state index in [1.165, 1.54) is 5.56 Å². The van der Waals surface area contributed by atoms with E-state index in [2.05, 4.69) is 34.4 Å². The molecule has 1 aromatic heterocycles. The van der Waals surface area contributed by atoms with Crippen LogP contribution in [0.5, 0.6) is 0 Å². The number of rotatable bonds is 6. The molecule has 1 fully saturated rings. The molecule has 5 nitrogen and oxygen atoms in total. The molecule has 5 heteroatoms. The van der Waals surface area contributed by atoms with Crippen LogP contribution in [0.2, 0.25) is 0 Å². The number of carbonyl (C=O) groups excluding carboxylic acids is 1. The second-order valence-corrected chi connectivity index (χ2v) is 6.91. The third-order valence-corrected chi connectivity index (χ3v) is 5.01. The van der Waals surface area contributed by atoms with Crippen LogP contribution in [0, 0.1) is 0 Å². The van der Waals surface area contributed by atoms with Crippen LogP contribution in [0.1, 0.15) is 52.9 Å². The number of amides is 1. The van der Waals surface area contributed by atoms with Crippen LogP contribution in [-0.4, -0.2) is 27.5 Å². The minimum Gasteiger partial charge on any atom is -0.337 e. The topological polar surface area (TPSA) is 59.2 Å². The van der Waals surface area contributed by atoms with E-state index in [1.807, 2.05) is 41.3 Å². The van der Waals surface area contributed by atoms with Crippen LogP contribution in [0.3, 0.4) is 0 Å². The Hall–Kier alpha value is -2.95. The number of likely N-dealkylation sites (tertiary alicyclic amines) is 1. The number of hydrogen-bond donors (Lipinski definition) is 0. The summed E-state index contributed by atoms with van der Waals surface area (Å²) < 4.78 is 5.51. The van der Waals surface area contributed by atoms with E-state index in [-0.39, 0.29) is 11.9 Å². The van der Waals surface area contributed by atoms with Crippen molar-refractivity contribution in [1.29, 1.82) is 0 Å². The largest absolute Gasteiger partial charge is 0.337 e. The molecule has 4 rings (SSSR count). The third kappa shape index (κ3) is 4.08. The van der Waals surface area contributed by atoms with Gasteiger partial charge in [-0.05, 0) is 43.4 Å². The molecule has 0 unspecified atom stereocenters. The fraction of sp³-hybridized carbons (Fsp3) is 0.318. The van der Waals surface area contributed by atoms with Crippen molar-refractivity contribution < 1.29 is 9.32 Å². The van der Waals surface area contributed by atoms with Crippen LogP contribution < -0.4 is 0 Å². The first-order valence-corrected chi connectivity index (χ1v) is 9.54. The lowest BCUT2D eigenvalue weighted by atomic mass is 10.1. The lowest BCUT2D eigenvalue weighted by Gasteiger charge is -2.21. The van der Waals surface area contributed by atoms with E-state index in [1.54, 1.807) is 0 Å². The van der Waals surface area contributed by atoms with Crippen molar-refractivity contribution in [2.45, 2.75) is 38.1 Å². The van der Waals surface area contributed by atoms with Crippen LogP contribution in [-0.2, 0) is 12.8 Å². The molecular weight excluding hydrogens is 338 g/mol. The summed E-state index contributed by atoms with van der Waals surface area (Å²) in [5, 5.41) is 4.13. The third-order valence-electron chi connectivity index (χ3n) is 5.01. The van der Waals surface area contributed by atoms with Gasteiger partial charge in [-0.15, -0.1) is 0 Å². The first-order chi connectivity index (χ1) is 13.3. The van der Waals surface area contributed by atoms with E-state index < -0.39 is 0 Å². The molecule has 1 amide bonds. The smallest absolute Gasteiger partial charge is 0.254 e. The first-order valence-electron chi connectivity index (χ1n) is 9.54. The van der Waals surface area contributed by atoms with Gasteiger partial charge in [-0.2, -0.15) is 4.98 Å². The number of aryl methyl sites for hydroxylation is 2. The molecule has 0 spiro atoms. The van der Waals surface area contributed by atoms with E-state index in [0.29, 0.717) is 11.5 Å². The van der Waals surface area contributed by atoms with E-state index in [0.717, 1.165) is 44.5 Å². The van der Waals surface area contributed by atoms with Crippen LogP contribution >= 0.6 is 0 Å². The Morgan fingerprint density at radius 2 is 1.78 bits per heavy atom. The van der Waals surface area contributed by atoms with Gasteiger partial charge in [0.25, 0.3) is 5.91 Å². The second-order valence-electron chi connectivity index (χ2n) is 6.91. The normalized spacial score (nSPS) is 16.6. The zero-order valence-corrected chi connectivity index (χ0v) is 15.3. The van der Waals surface area contributed by atoms with Crippen molar-refractivity contribution in [3.05, 3.63) is 83.5 Å². The predicted octanol–water partition coefficient (Wildman–Crippen LogP) is 4.22. The maximum absolute atomic E-state index is 12.8. The SMILES string of the molecule is O=C(c1ccccc1)N1CCC[C@H]1c1nc(CCCc2ccccc2)no1. The van der Waals surface area contributed by atoms with Gasteiger partial charge in [0.1, 0.15) is 6.04 Å². The summed E-state index contributed by atoms with van der Waals surface area (Å²) in [4.78, 5) is 19.2. The fourth-order valence-electron chi connectivity index (χ4n) is 3.61. The van der Waals surface area contributed by atoms with Gasteiger partial charge in [-0.3, -0.25) is 4.79 Å². The van der Waals surface area contributed by atoms with Gasteiger partial charge in [-0.25, -0.2) is 0 Å². The minimum absolute atomic E-state index is 0.0296. The Bertz CT molecular complexity index is 877. The summed E-state index contributed by atoms with van der Waals surface area (Å²) >= 11 is 0. The summed E-state index contributed by atoms with van der Waals surface area (Å²) in [6.07, 6.45) is 4.56. The lowest BCUT2D eigenvalue weighted by molar-refractivity contribution is 0.0710. The molecule has 0 aliphatic carbocycles. The molecule has 0 radical (unpaired) electrons. The standard InChI is InChI=1S/C22H23N3O2/c26-22(18-12-5-2-6-13-18)25-16-8-14-19(25)21-23-20(24-27-21)15-7-11-17-9-3-1-4-10-17/h1-6,9-10,12-13,19H,7-8,11,14-16H2/t19-/m0/s1. The minimum atomic E-state index is -0.118. The summed E-state index contributed by atoms with van der Waals surface area (Å²) in [6, 6.07) is 19.7. The average Bonchev–Trinajstić information content (AvgIpc) is 3.38. The molecule has 0 saturated carbocycles. The summed E-state index contributed by atoms with van der Waals surface area (Å²) in [5.74, 6) is 1.31. The number of nitrogens with zero attached hydrogens (tertiary/aromatic N) is 3. The summed E-state index contributed by atoms with van der Waals surface area (Å²) in [5.41, 5.74) is 2.02. The molecular formula is C22H23N3O2. The fourth-order valence-corrected chi connectivity index (χ4v) is 3.61. The molecule has 3 aromatic rings. The number of hydrogen-bond acceptors (Lipinski definition) is 4. The highest BCUT2D eigenvalue weighted by atomic mass is 16.5. The second kappa shape index (κ2) is 8.16. The van der Waals surface area contributed by atoms with Crippen molar-refractivity contribution in [1.82, 2.24) is 15.0 Å². The van der Waals surface area contributed by atoms with Gasteiger partial charge in [0.05, 0.1) is 0 Å². The molecule has 2 heterocycles. The molecule has 1 aliphatic heterocycles. The molecule has 0 bridgehead atoms. The summed E-state index contributed by atoms with van der Waals surface area (Å²) in [6.45, 7) is 0.726. The lowest BCUT2D eigenvalue weighted by Crippen LogP contribution is -2.30. The zero-order valence-electron chi connectivity index (χ0n) is 15.3. The summed E-state index contributed by atoms with van der Waals surface area (Å²) in [7, 11) is 0. The Morgan fingerprint density at radius 1 is 1.04 bits per heavy atom. The van der Waals surface area contributed by atoms with Gasteiger partial charge in [0.2, 0.25) is 5.89 Å². The van der Waals surface area contributed by atoms with Crippen molar-refractivity contribution >= 4 is 5.91 Å². The van der Waals surface area contributed by atoms with E-state index >= 15 is 0 Å². The van der Waals surface area contributed by atoms with Gasteiger partial charge in [0.15, 0.2) is 5.82 Å². The molecule has 1 aliphatic rings. The number of benzene rings is 2. The molecule has 1 atom stereocenters. The maximum atomic E-state index is 12.8. The average molecular weight is 361 g/mol. The van der Waals surface area contributed by atoms with Crippen molar-refractivity contribution in [2.24, 2.45) is 0 Å². The Labute approximate surface area is 159 Å². The molecule has 1 saturated heterocycles. The Morgan fingerprint density at radius 3 is 2.56 bits per heavy atom. The van der Waals surface area contributed by atoms with E-state index in [9.17, 15) is 4.79 Å². The monoisotopic (exact) mass is 361 g/mol. The van der Waals surface area contributed by atoms with Crippen LogP contribution in [0.4, 0.5) is 0 Å². The first kappa shape index (κ1) is 17.5. The molecule has 27 heavy (non-hydrogen) atoms. The quantitative estimate of drug-likeness (QED) is 0.659. The Balaban J connectivity index is 1.39. The van der Waals surface area contributed by atoms with Crippen LogP contribution in [0.25, 0.3) is 0 Å². The zero-order chi connectivity index (χ0) is 18.5. The van der Waals surface area contributed by atoms with Gasteiger partial charge >= 0.3 is 0 Å². The van der Waals surface area contributed by atoms with E-state index in [4.69, 9.17) is 4.52 Å². The highest BCUT2D eigenvalue weighted by Gasteiger charge is 2.34. The van der Waals surface area contributed by atoms with Gasteiger partial charge < -0.3 is 9.42 Å². The Kier molecular flexibility index (Phi) is 5.28. The highest BCUT2D eigenvalue weighted by Crippen LogP contribution is 2.32. The number of carbonyl (C=O) groups is 1. The van der Waals surface area contributed by atoms with Crippen molar-refractivity contribution in [3.63, 3.8) is 0 Å². The maximum Gasteiger partial charge on any atom is 0.254 e. The van der Waals surface area contributed by atoms with Crippen molar-refractivity contribution in [3.8, 4) is 0 Å². The predicted molar refractivity (Wildman–Crippen MR) is 102 cm³/mol. The van der Waals surface area contributed by atoms with Crippen molar-refractivity contribution in [2.75, 3.05) is 6.54 Å². The molecule has 138 valence electrons. The number of aromatic nitrogens is 2.